The third-order valence-electron chi connectivity index (χ3n) is 3.87. The summed E-state index contributed by atoms with van der Waals surface area (Å²) in [5.41, 5.74) is 3.55. The number of rotatable bonds is 3. The Bertz CT molecular complexity index is 378. The molecule has 1 fully saturated rings. The Labute approximate surface area is 103 Å². The first-order chi connectivity index (χ1) is 8.13. The van der Waals surface area contributed by atoms with Gasteiger partial charge in [-0.05, 0) is 58.8 Å². The monoisotopic (exact) mass is 237 g/mol. The molecule has 2 heterocycles. The zero-order valence-electron chi connectivity index (χ0n) is 11.1. The van der Waals surface area contributed by atoms with Gasteiger partial charge in [0.05, 0.1) is 11.7 Å². The molecule has 0 unspecified atom stereocenters. The molecule has 17 heavy (non-hydrogen) atoms. The van der Waals surface area contributed by atoms with Gasteiger partial charge in [-0.15, -0.1) is 0 Å². The van der Waals surface area contributed by atoms with Gasteiger partial charge >= 0.3 is 0 Å². The molecule has 0 spiro atoms. The molecule has 1 saturated heterocycles. The Kier molecular flexibility index (Phi) is 3.84. The molecule has 1 aromatic rings. The number of aliphatic hydroxyl groups excluding tert-OH is 1. The van der Waals surface area contributed by atoms with Crippen molar-refractivity contribution in [2.45, 2.75) is 39.2 Å². The molecule has 1 aliphatic rings. The second-order valence-electron chi connectivity index (χ2n) is 5.10. The Balaban J connectivity index is 2.18. The van der Waals surface area contributed by atoms with Crippen LogP contribution in [-0.4, -0.2) is 46.5 Å². The van der Waals surface area contributed by atoms with Crippen molar-refractivity contribution >= 4 is 0 Å². The van der Waals surface area contributed by atoms with E-state index >= 15 is 0 Å². The number of hydrogen-bond acceptors (Lipinski definition) is 3. The van der Waals surface area contributed by atoms with Crippen LogP contribution in [0.25, 0.3) is 0 Å². The smallest absolute Gasteiger partial charge is 0.0629 e. The molecule has 0 bridgehead atoms. The van der Waals surface area contributed by atoms with Crippen molar-refractivity contribution in [1.82, 2.24) is 14.7 Å². The zero-order valence-corrected chi connectivity index (χ0v) is 11.1. The van der Waals surface area contributed by atoms with E-state index in [0.29, 0.717) is 6.04 Å². The summed E-state index contributed by atoms with van der Waals surface area (Å²) in [5, 5.41) is 13.7. The molecule has 0 saturated carbocycles. The van der Waals surface area contributed by atoms with Crippen LogP contribution in [0.1, 0.15) is 35.8 Å². The van der Waals surface area contributed by atoms with E-state index in [2.05, 4.69) is 28.7 Å². The van der Waals surface area contributed by atoms with E-state index in [1.165, 1.54) is 24.1 Å². The molecule has 0 amide bonds. The molecular formula is C13H23N3O. The first-order valence-corrected chi connectivity index (χ1v) is 6.47. The molecule has 1 aromatic heterocycles. The lowest BCUT2D eigenvalue weighted by molar-refractivity contribution is 0.210. The van der Waals surface area contributed by atoms with Crippen LogP contribution in [0.4, 0.5) is 0 Å². The van der Waals surface area contributed by atoms with Crippen molar-refractivity contribution in [2.24, 2.45) is 0 Å². The Morgan fingerprint density at radius 3 is 2.53 bits per heavy atom. The van der Waals surface area contributed by atoms with E-state index in [4.69, 9.17) is 5.11 Å². The van der Waals surface area contributed by atoms with Gasteiger partial charge in [-0.1, -0.05) is 0 Å². The molecule has 2 rings (SSSR count). The van der Waals surface area contributed by atoms with Crippen LogP contribution in [0, 0.1) is 13.8 Å². The number of nitrogens with zero attached hydrogens (tertiary/aromatic N) is 3. The topological polar surface area (TPSA) is 41.3 Å². The number of aliphatic hydroxyl groups is 1. The van der Waals surface area contributed by atoms with Gasteiger partial charge in [-0.25, -0.2) is 0 Å². The molecule has 0 atom stereocenters. The fraction of sp³-hybridized carbons (Fsp3) is 0.769. The third kappa shape index (κ3) is 2.53. The number of likely N-dealkylation sites (tertiary alicyclic amines) is 1. The minimum absolute atomic E-state index is 0.209. The van der Waals surface area contributed by atoms with Crippen molar-refractivity contribution < 1.29 is 5.11 Å². The Morgan fingerprint density at radius 1 is 1.29 bits per heavy atom. The Morgan fingerprint density at radius 2 is 1.94 bits per heavy atom. The molecule has 1 N–H and O–H groups in total. The lowest BCUT2D eigenvalue weighted by atomic mass is 10.0. The summed E-state index contributed by atoms with van der Waals surface area (Å²) in [6, 6.07) is 0.539. The van der Waals surface area contributed by atoms with Crippen molar-refractivity contribution in [3.8, 4) is 0 Å². The van der Waals surface area contributed by atoms with Crippen molar-refractivity contribution in [2.75, 3.05) is 26.7 Å². The van der Waals surface area contributed by atoms with Gasteiger partial charge in [0.25, 0.3) is 0 Å². The predicted octanol–water partition coefficient (Wildman–Crippen LogP) is 1.30. The van der Waals surface area contributed by atoms with E-state index in [0.717, 1.165) is 25.2 Å². The number of aryl methyl sites for hydroxylation is 1. The maximum absolute atomic E-state index is 9.08. The van der Waals surface area contributed by atoms with Crippen molar-refractivity contribution in [3.05, 3.63) is 17.0 Å². The fourth-order valence-corrected chi connectivity index (χ4v) is 2.77. The SMILES string of the molecule is Cc1nn(C2CCN(C)CC2)c(C)c1CCO. The van der Waals surface area contributed by atoms with E-state index < -0.39 is 0 Å². The molecule has 0 radical (unpaired) electrons. The van der Waals surface area contributed by atoms with E-state index in [1.807, 2.05) is 6.92 Å². The third-order valence-corrected chi connectivity index (χ3v) is 3.87. The number of hydrogen-bond donors (Lipinski definition) is 1. The maximum atomic E-state index is 9.08. The van der Waals surface area contributed by atoms with Crippen molar-refractivity contribution in [1.29, 1.82) is 0 Å². The number of piperidine rings is 1. The summed E-state index contributed by atoms with van der Waals surface area (Å²) in [6.07, 6.45) is 3.08. The van der Waals surface area contributed by atoms with E-state index in [1.54, 1.807) is 0 Å². The summed E-state index contributed by atoms with van der Waals surface area (Å²) >= 11 is 0. The van der Waals surface area contributed by atoms with Crippen LogP contribution < -0.4 is 0 Å². The van der Waals surface area contributed by atoms with Gasteiger partial charge in [0.15, 0.2) is 0 Å². The van der Waals surface area contributed by atoms with E-state index in [-0.39, 0.29) is 6.61 Å². The highest BCUT2D eigenvalue weighted by Gasteiger charge is 2.22. The predicted molar refractivity (Wildman–Crippen MR) is 68.3 cm³/mol. The minimum atomic E-state index is 0.209. The van der Waals surface area contributed by atoms with Crippen LogP contribution in [-0.2, 0) is 6.42 Å². The first kappa shape index (κ1) is 12.6. The van der Waals surface area contributed by atoms with Gasteiger partial charge in [0.1, 0.15) is 0 Å². The van der Waals surface area contributed by atoms with Crippen LogP contribution in [0.2, 0.25) is 0 Å². The normalized spacial score (nSPS) is 18.8. The molecule has 0 aromatic carbocycles. The Hall–Kier alpha value is -0.870. The quantitative estimate of drug-likeness (QED) is 0.861. The van der Waals surface area contributed by atoms with Gasteiger partial charge in [-0.3, -0.25) is 4.68 Å². The van der Waals surface area contributed by atoms with Gasteiger partial charge in [0, 0.05) is 12.3 Å². The molecule has 96 valence electrons. The highest BCUT2D eigenvalue weighted by Crippen LogP contribution is 2.25. The van der Waals surface area contributed by atoms with Crippen molar-refractivity contribution in [3.63, 3.8) is 0 Å². The standard InChI is InChI=1S/C13H23N3O/c1-10-13(6-9-17)11(2)16(14-10)12-4-7-15(3)8-5-12/h12,17H,4-9H2,1-3H3. The molecule has 4 heteroatoms. The molecule has 0 aliphatic carbocycles. The maximum Gasteiger partial charge on any atom is 0.0629 e. The summed E-state index contributed by atoms with van der Waals surface area (Å²) in [5.74, 6) is 0. The summed E-state index contributed by atoms with van der Waals surface area (Å²) < 4.78 is 2.19. The van der Waals surface area contributed by atoms with Crippen LogP contribution in [0.3, 0.4) is 0 Å². The van der Waals surface area contributed by atoms with Crippen LogP contribution >= 0.6 is 0 Å². The first-order valence-electron chi connectivity index (χ1n) is 6.47. The lowest BCUT2D eigenvalue weighted by Gasteiger charge is -2.29. The van der Waals surface area contributed by atoms with Gasteiger partial charge < -0.3 is 10.0 Å². The van der Waals surface area contributed by atoms with Gasteiger partial charge in [0.2, 0.25) is 0 Å². The summed E-state index contributed by atoms with van der Waals surface area (Å²) in [4.78, 5) is 2.37. The largest absolute Gasteiger partial charge is 0.396 e. The van der Waals surface area contributed by atoms with Crippen LogP contribution in [0.5, 0.6) is 0 Å². The average Bonchev–Trinajstić information content (AvgIpc) is 2.59. The second-order valence-corrected chi connectivity index (χ2v) is 5.10. The second kappa shape index (κ2) is 5.19. The van der Waals surface area contributed by atoms with Crippen LogP contribution in [0.15, 0.2) is 0 Å². The highest BCUT2D eigenvalue weighted by molar-refractivity contribution is 5.25. The molecule has 1 aliphatic heterocycles. The highest BCUT2D eigenvalue weighted by atomic mass is 16.2. The number of aromatic nitrogens is 2. The average molecular weight is 237 g/mol. The summed E-state index contributed by atoms with van der Waals surface area (Å²) in [7, 11) is 2.18. The summed E-state index contributed by atoms with van der Waals surface area (Å²) in [6.45, 7) is 6.68. The van der Waals surface area contributed by atoms with E-state index in [9.17, 15) is 0 Å². The zero-order chi connectivity index (χ0) is 12.4. The lowest BCUT2D eigenvalue weighted by Crippen LogP contribution is -2.32. The minimum Gasteiger partial charge on any atom is -0.396 e. The molecule has 4 nitrogen and oxygen atoms in total. The van der Waals surface area contributed by atoms with Gasteiger partial charge in [-0.2, -0.15) is 5.10 Å². The fourth-order valence-electron chi connectivity index (χ4n) is 2.77. The molecular weight excluding hydrogens is 214 g/mol.